The molecule has 0 amide bonds. The summed E-state index contributed by atoms with van der Waals surface area (Å²) in [6.07, 6.45) is 25.9. The van der Waals surface area contributed by atoms with Gasteiger partial charge in [-0.05, 0) is 31.8 Å². The van der Waals surface area contributed by atoms with E-state index in [9.17, 15) is 0 Å². The molecule has 0 saturated heterocycles. The summed E-state index contributed by atoms with van der Waals surface area (Å²) in [6, 6.07) is 0. The van der Waals surface area contributed by atoms with Gasteiger partial charge in [-0.25, -0.2) is 0 Å². The lowest BCUT2D eigenvalue weighted by Crippen LogP contribution is -1.62. The highest BCUT2D eigenvalue weighted by molar-refractivity contribution is 5.10. The molecule has 0 fully saturated rings. The molecule has 0 aliphatic rings. The van der Waals surface area contributed by atoms with Crippen molar-refractivity contribution in [3.63, 3.8) is 0 Å². The summed E-state index contributed by atoms with van der Waals surface area (Å²) in [7, 11) is 0. The Morgan fingerprint density at radius 1 is 0.800 bits per heavy atom. The average Bonchev–Trinajstić information content (AvgIpc) is 2.26. The van der Waals surface area contributed by atoms with Gasteiger partial charge in [0, 0.05) is 0 Å². The molecule has 0 aliphatic heterocycles. The van der Waals surface area contributed by atoms with Crippen molar-refractivity contribution in [1.82, 2.24) is 0 Å². The second-order valence-electron chi connectivity index (χ2n) is 3.10. The maximum atomic E-state index is 5.07. The highest BCUT2D eigenvalue weighted by Gasteiger charge is 1.73. The highest BCUT2D eigenvalue weighted by atomic mass is 13.8. The van der Waals surface area contributed by atoms with Crippen LogP contribution in [0.1, 0.15) is 32.6 Å². The van der Waals surface area contributed by atoms with Crippen LogP contribution in [0, 0.1) is 12.3 Å². The van der Waals surface area contributed by atoms with Crippen molar-refractivity contribution in [3.8, 4) is 12.3 Å². The van der Waals surface area contributed by atoms with Crippen LogP contribution in [0.5, 0.6) is 0 Å². The number of terminal acetylenes is 1. The maximum absolute atomic E-state index is 5.07. The van der Waals surface area contributed by atoms with Crippen LogP contribution >= 0.6 is 0 Å². The molecule has 0 radical (unpaired) electrons. The summed E-state index contributed by atoms with van der Waals surface area (Å²) in [5.74, 6) is 2.46. The van der Waals surface area contributed by atoms with E-state index in [-0.39, 0.29) is 0 Å². The molecule has 80 valence electrons. The molecule has 0 N–H and O–H groups in total. The monoisotopic (exact) mass is 200 g/mol. The molecule has 0 nitrogen and oxygen atoms in total. The molecule has 0 heterocycles. The molecule has 15 heavy (non-hydrogen) atoms. The zero-order valence-electron chi connectivity index (χ0n) is 9.52. The summed E-state index contributed by atoms with van der Waals surface area (Å²) in [5, 5.41) is 0. The first-order valence-corrected chi connectivity index (χ1v) is 5.48. The van der Waals surface area contributed by atoms with Gasteiger partial charge in [-0.3, -0.25) is 0 Å². The summed E-state index contributed by atoms with van der Waals surface area (Å²) >= 11 is 0. The Balaban J connectivity index is 3.40. The third-order valence-electron chi connectivity index (χ3n) is 1.77. The fourth-order valence-corrected chi connectivity index (χ4v) is 1.02. The predicted octanol–water partition coefficient (Wildman–Crippen LogP) is 4.42. The van der Waals surface area contributed by atoms with E-state index >= 15 is 0 Å². The van der Waals surface area contributed by atoms with Crippen molar-refractivity contribution in [2.75, 3.05) is 0 Å². The van der Waals surface area contributed by atoms with Crippen molar-refractivity contribution in [2.45, 2.75) is 32.6 Å². The molecule has 0 aliphatic carbocycles. The fourth-order valence-electron chi connectivity index (χ4n) is 1.02. The van der Waals surface area contributed by atoms with E-state index < -0.39 is 0 Å². The zero-order chi connectivity index (χ0) is 11.2. The molecule has 0 aromatic heterocycles. The van der Waals surface area contributed by atoms with Crippen LogP contribution in [-0.4, -0.2) is 0 Å². The van der Waals surface area contributed by atoms with E-state index in [0.717, 1.165) is 25.7 Å². The minimum Gasteiger partial charge on any atom is -0.115 e. The van der Waals surface area contributed by atoms with Crippen LogP contribution in [0.25, 0.3) is 0 Å². The highest BCUT2D eigenvalue weighted by Crippen LogP contribution is 1.93. The third-order valence-corrected chi connectivity index (χ3v) is 1.77. The second-order valence-corrected chi connectivity index (χ2v) is 3.10. The Labute approximate surface area is 94.1 Å². The molecule has 0 heteroatoms. The predicted molar refractivity (Wildman–Crippen MR) is 69.5 cm³/mol. The lowest BCUT2D eigenvalue weighted by molar-refractivity contribution is 1.19. The zero-order valence-corrected chi connectivity index (χ0v) is 9.52. The van der Waals surface area contributed by atoms with E-state index in [0.29, 0.717) is 0 Å². The van der Waals surface area contributed by atoms with Crippen molar-refractivity contribution >= 4 is 0 Å². The largest absolute Gasteiger partial charge is 0.115 e. The van der Waals surface area contributed by atoms with Gasteiger partial charge < -0.3 is 0 Å². The van der Waals surface area contributed by atoms with Gasteiger partial charge in [0.05, 0.1) is 0 Å². The average molecular weight is 200 g/mol. The molecule has 0 aromatic carbocycles. The Hall–Kier alpha value is -1.48. The normalized spacial score (nSPS) is 12.3. The van der Waals surface area contributed by atoms with Gasteiger partial charge in [-0.2, -0.15) is 0 Å². The van der Waals surface area contributed by atoms with E-state index in [1.165, 1.54) is 0 Å². The molecule has 0 spiro atoms. The van der Waals surface area contributed by atoms with Crippen molar-refractivity contribution in [2.24, 2.45) is 0 Å². The topological polar surface area (TPSA) is 0 Å². The molecule has 0 unspecified atom stereocenters. The lowest BCUT2D eigenvalue weighted by atomic mass is 10.2. The Kier molecular flexibility index (Phi) is 11.3. The minimum absolute atomic E-state index is 0.924. The summed E-state index contributed by atoms with van der Waals surface area (Å²) < 4.78 is 0. The molecule has 0 aromatic rings. The van der Waals surface area contributed by atoms with Gasteiger partial charge in [0.25, 0.3) is 0 Å². The number of hydrogen-bond acceptors (Lipinski definition) is 0. The van der Waals surface area contributed by atoms with E-state index in [1.54, 1.807) is 6.08 Å². The lowest BCUT2D eigenvalue weighted by Gasteiger charge is -1.83. The standard InChI is InChI=1S/C15H20/c1-3-5-7-9-11-13-15-14-12-10-8-6-4-2/h1,5-8,11-14H,4,9-10,15H2,2H3/b7-5+,8-6-,13-11-,14-12-. The summed E-state index contributed by atoms with van der Waals surface area (Å²) in [5.41, 5.74) is 0. The molecule has 0 atom stereocenters. The first-order valence-electron chi connectivity index (χ1n) is 5.48. The second kappa shape index (κ2) is 12.5. The fraction of sp³-hybridized carbons (Fsp3) is 0.333. The number of allylic oxidation sites excluding steroid dienone is 8. The van der Waals surface area contributed by atoms with Crippen LogP contribution in [0.3, 0.4) is 0 Å². The van der Waals surface area contributed by atoms with Gasteiger partial charge in [0.1, 0.15) is 0 Å². The summed E-state index contributed by atoms with van der Waals surface area (Å²) in [4.78, 5) is 0. The Morgan fingerprint density at radius 2 is 1.27 bits per heavy atom. The first kappa shape index (κ1) is 13.5. The Morgan fingerprint density at radius 3 is 1.73 bits per heavy atom. The number of rotatable bonds is 7. The Bertz CT molecular complexity index is 269. The van der Waals surface area contributed by atoms with Crippen LogP contribution in [0.2, 0.25) is 0 Å². The summed E-state index contributed by atoms with van der Waals surface area (Å²) in [6.45, 7) is 2.15. The van der Waals surface area contributed by atoms with Crippen LogP contribution < -0.4 is 0 Å². The van der Waals surface area contributed by atoms with E-state index in [2.05, 4.69) is 49.3 Å². The third kappa shape index (κ3) is 12.5. The van der Waals surface area contributed by atoms with Gasteiger partial charge in [0.15, 0.2) is 0 Å². The van der Waals surface area contributed by atoms with Crippen LogP contribution in [0.15, 0.2) is 48.6 Å². The number of hydrogen-bond donors (Lipinski definition) is 0. The van der Waals surface area contributed by atoms with Gasteiger partial charge in [-0.15, -0.1) is 6.42 Å². The van der Waals surface area contributed by atoms with Crippen molar-refractivity contribution in [1.29, 1.82) is 0 Å². The molecular weight excluding hydrogens is 180 g/mol. The van der Waals surface area contributed by atoms with Crippen LogP contribution in [0.4, 0.5) is 0 Å². The van der Waals surface area contributed by atoms with E-state index in [4.69, 9.17) is 6.42 Å². The molecule has 0 rings (SSSR count). The first-order chi connectivity index (χ1) is 7.41. The van der Waals surface area contributed by atoms with E-state index in [1.807, 2.05) is 6.08 Å². The van der Waals surface area contributed by atoms with Crippen LogP contribution in [-0.2, 0) is 0 Å². The maximum Gasteiger partial charge on any atom is -0.0158 e. The minimum atomic E-state index is 0.924. The van der Waals surface area contributed by atoms with Gasteiger partial charge >= 0.3 is 0 Å². The van der Waals surface area contributed by atoms with Crippen molar-refractivity contribution < 1.29 is 0 Å². The SMILES string of the molecule is C#C/C=C/C/C=C\C/C=C\C/C=C\CC. The smallest absolute Gasteiger partial charge is 0.0158 e. The van der Waals surface area contributed by atoms with Gasteiger partial charge in [0.2, 0.25) is 0 Å². The molecular formula is C15H20. The molecule has 0 bridgehead atoms. The van der Waals surface area contributed by atoms with Gasteiger partial charge in [-0.1, -0.05) is 55.4 Å². The quantitative estimate of drug-likeness (QED) is 0.421. The molecule has 0 saturated carbocycles. The van der Waals surface area contributed by atoms with Crippen molar-refractivity contribution in [3.05, 3.63) is 48.6 Å².